The lowest BCUT2D eigenvalue weighted by Crippen LogP contribution is -2.02. The van der Waals surface area contributed by atoms with Crippen LogP contribution in [0.3, 0.4) is 0 Å². The molecule has 0 unspecified atom stereocenters. The van der Waals surface area contributed by atoms with E-state index >= 15 is 0 Å². The molecule has 2 aromatic heterocycles. The van der Waals surface area contributed by atoms with Gasteiger partial charge >= 0.3 is 0 Å². The van der Waals surface area contributed by atoms with Gasteiger partial charge in [-0.25, -0.2) is 4.98 Å². The first kappa shape index (κ1) is 11.5. The maximum absolute atomic E-state index is 12.5. The summed E-state index contributed by atoms with van der Waals surface area (Å²) in [5.41, 5.74) is 9.36. The fourth-order valence-corrected chi connectivity index (χ4v) is 2.12. The number of nitrogen functional groups attached to an aromatic ring is 1. The van der Waals surface area contributed by atoms with E-state index in [9.17, 15) is 4.79 Å². The molecule has 0 aliphatic rings. The Hall–Kier alpha value is -2.62. The van der Waals surface area contributed by atoms with Gasteiger partial charge in [0.15, 0.2) is 5.78 Å². The lowest BCUT2D eigenvalue weighted by molar-refractivity contribution is 0.104. The highest BCUT2D eigenvalue weighted by Crippen LogP contribution is 2.21. The summed E-state index contributed by atoms with van der Waals surface area (Å²) in [6.07, 6.45) is 3.39. The van der Waals surface area contributed by atoms with E-state index in [1.165, 1.54) is 0 Å². The third kappa shape index (κ3) is 1.87. The van der Waals surface area contributed by atoms with Crippen LogP contribution in [-0.2, 0) is 0 Å². The molecule has 3 aromatic rings. The van der Waals surface area contributed by atoms with E-state index in [2.05, 4.69) is 9.97 Å². The maximum Gasteiger partial charge on any atom is 0.195 e. The molecule has 4 heteroatoms. The maximum atomic E-state index is 12.5. The first-order valence-corrected chi connectivity index (χ1v) is 6.00. The number of aryl methyl sites for hydroxylation is 1. The third-order valence-electron chi connectivity index (χ3n) is 3.23. The van der Waals surface area contributed by atoms with Crippen LogP contribution in [0.5, 0.6) is 0 Å². The van der Waals surface area contributed by atoms with Crippen molar-refractivity contribution in [3.8, 4) is 0 Å². The molecule has 1 aromatic carbocycles. The van der Waals surface area contributed by atoms with Crippen LogP contribution < -0.4 is 5.73 Å². The molecular formula is C15H13N3O. The summed E-state index contributed by atoms with van der Waals surface area (Å²) in [6, 6.07) is 9.03. The molecule has 0 bridgehead atoms. The lowest BCUT2D eigenvalue weighted by atomic mass is 10.0. The molecule has 2 heterocycles. The molecule has 0 radical (unpaired) electrons. The number of rotatable bonds is 2. The van der Waals surface area contributed by atoms with Gasteiger partial charge < -0.3 is 10.7 Å². The van der Waals surface area contributed by atoms with Crippen LogP contribution in [-0.4, -0.2) is 15.8 Å². The van der Waals surface area contributed by atoms with E-state index in [1.807, 2.05) is 25.1 Å². The second kappa shape index (κ2) is 4.24. The summed E-state index contributed by atoms with van der Waals surface area (Å²) in [4.78, 5) is 19.7. The van der Waals surface area contributed by atoms with Gasteiger partial charge in [0.25, 0.3) is 0 Å². The summed E-state index contributed by atoms with van der Waals surface area (Å²) < 4.78 is 0. The number of benzene rings is 1. The van der Waals surface area contributed by atoms with E-state index in [1.54, 1.807) is 24.5 Å². The molecule has 0 aliphatic carbocycles. The molecule has 0 saturated carbocycles. The minimum absolute atomic E-state index is 0.0256. The number of carbonyl (C=O) groups is 1. The minimum Gasteiger partial charge on any atom is -0.399 e. The molecule has 0 fully saturated rings. The fraction of sp³-hybridized carbons (Fsp3) is 0.0667. The molecule has 94 valence electrons. The van der Waals surface area contributed by atoms with E-state index < -0.39 is 0 Å². The number of ketones is 1. The molecule has 3 rings (SSSR count). The highest BCUT2D eigenvalue weighted by molar-refractivity contribution is 6.16. The third-order valence-corrected chi connectivity index (χ3v) is 3.23. The van der Waals surface area contributed by atoms with Crippen LogP contribution >= 0.6 is 0 Å². The number of anilines is 1. The van der Waals surface area contributed by atoms with Crippen LogP contribution in [0.25, 0.3) is 11.0 Å². The predicted molar refractivity (Wildman–Crippen MR) is 75.1 cm³/mol. The molecule has 3 N–H and O–H groups in total. The number of hydrogen-bond donors (Lipinski definition) is 2. The average Bonchev–Trinajstić information content (AvgIpc) is 2.85. The van der Waals surface area contributed by atoms with Gasteiger partial charge in [-0.15, -0.1) is 0 Å². The van der Waals surface area contributed by atoms with Crippen molar-refractivity contribution < 1.29 is 4.79 Å². The number of nitrogens with zero attached hydrogens (tertiary/aromatic N) is 1. The second-order valence-electron chi connectivity index (χ2n) is 4.50. The normalized spacial score (nSPS) is 10.8. The van der Waals surface area contributed by atoms with Gasteiger partial charge in [0.2, 0.25) is 0 Å². The molecule has 4 nitrogen and oxygen atoms in total. The van der Waals surface area contributed by atoms with E-state index in [4.69, 9.17) is 5.73 Å². The topological polar surface area (TPSA) is 71.8 Å². The van der Waals surface area contributed by atoms with Crippen LogP contribution in [0.4, 0.5) is 5.69 Å². The molecule has 0 atom stereocenters. The largest absolute Gasteiger partial charge is 0.399 e. The molecular weight excluding hydrogens is 238 g/mol. The smallest absolute Gasteiger partial charge is 0.195 e. The number of hydrogen-bond acceptors (Lipinski definition) is 3. The first-order chi connectivity index (χ1) is 9.16. The van der Waals surface area contributed by atoms with Crippen molar-refractivity contribution in [2.75, 3.05) is 5.73 Å². The Morgan fingerprint density at radius 2 is 2.16 bits per heavy atom. The predicted octanol–water partition coefficient (Wildman–Crippen LogP) is 2.68. The standard InChI is InChI=1S/C15H13N3O/c1-9-7-10(4-5-13(9)16)14(19)12-8-18-15-11(12)3-2-6-17-15/h2-8H,16H2,1H3,(H,17,18). The van der Waals surface area contributed by atoms with Crippen molar-refractivity contribution in [2.24, 2.45) is 0 Å². The number of H-pyrrole nitrogens is 1. The zero-order valence-corrected chi connectivity index (χ0v) is 10.5. The Morgan fingerprint density at radius 1 is 1.32 bits per heavy atom. The highest BCUT2D eigenvalue weighted by atomic mass is 16.1. The number of fused-ring (bicyclic) bond motifs is 1. The lowest BCUT2D eigenvalue weighted by Gasteiger charge is -2.03. The SMILES string of the molecule is Cc1cc(C(=O)c2c[nH]c3ncccc23)ccc1N. The van der Waals surface area contributed by atoms with Gasteiger partial charge in [0.05, 0.1) is 0 Å². The minimum atomic E-state index is -0.0256. The zero-order valence-electron chi connectivity index (χ0n) is 10.5. The summed E-state index contributed by atoms with van der Waals surface area (Å²) in [5, 5.41) is 0.835. The average molecular weight is 251 g/mol. The van der Waals surface area contributed by atoms with Crippen molar-refractivity contribution in [1.29, 1.82) is 0 Å². The Morgan fingerprint density at radius 3 is 2.95 bits per heavy atom. The van der Waals surface area contributed by atoms with Crippen LogP contribution in [0.1, 0.15) is 21.5 Å². The Bertz CT molecular complexity index is 774. The number of carbonyl (C=O) groups excluding carboxylic acids is 1. The molecule has 0 spiro atoms. The van der Waals surface area contributed by atoms with Crippen molar-refractivity contribution in [3.63, 3.8) is 0 Å². The Labute approximate surface area is 110 Å². The monoisotopic (exact) mass is 251 g/mol. The van der Waals surface area contributed by atoms with E-state index in [0.29, 0.717) is 16.8 Å². The van der Waals surface area contributed by atoms with Crippen LogP contribution in [0, 0.1) is 6.92 Å². The van der Waals surface area contributed by atoms with Gasteiger partial charge in [-0.3, -0.25) is 4.79 Å². The Kier molecular flexibility index (Phi) is 2.56. The van der Waals surface area contributed by atoms with Gasteiger partial charge in [0.1, 0.15) is 5.65 Å². The second-order valence-corrected chi connectivity index (χ2v) is 4.50. The van der Waals surface area contributed by atoms with Crippen molar-refractivity contribution in [2.45, 2.75) is 6.92 Å². The molecule has 19 heavy (non-hydrogen) atoms. The van der Waals surface area contributed by atoms with Gasteiger partial charge in [-0.05, 0) is 42.8 Å². The quantitative estimate of drug-likeness (QED) is 0.543. The van der Waals surface area contributed by atoms with Crippen LogP contribution in [0.2, 0.25) is 0 Å². The number of aromatic amines is 1. The van der Waals surface area contributed by atoms with Gasteiger partial charge in [-0.1, -0.05) is 0 Å². The molecule has 0 amide bonds. The summed E-state index contributed by atoms with van der Waals surface area (Å²) in [6.45, 7) is 1.89. The fourth-order valence-electron chi connectivity index (χ4n) is 2.12. The molecule has 0 saturated heterocycles. The first-order valence-electron chi connectivity index (χ1n) is 6.00. The zero-order chi connectivity index (χ0) is 13.4. The van der Waals surface area contributed by atoms with Crippen molar-refractivity contribution in [1.82, 2.24) is 9.97 Å². The highest BCUT2D eigenvalue weighted by Gasteiger charge is 2.14. The Balaban J connectivity index is 2.11. The number of nitrogens with one attached hydrogen (secondary N) is 1. The van der Waals surface area contributed by atoms with Crippen molar-refractivity contribution in [3.05, 3.63) is 59.4 Å². The van der Waals surface area contributed by atoms with E-state index in [0.717, 1.165) is 16.6 Å². The van der Waals surface area contributed by atoms with Gasteiger partial charge in [-0.2, -0.15) is 0 Å². The van der Waals surface area contributed by atoms with Crippen LogP contribution in [0.15, 0.2) is 42.7 Å². The summed E-state index contributed by atoms with van der Waals surface area (Å²) in [7, 11) is 0. The molecule has 0 aliphatic heterocycles. The van der Waals surface area contributed by atoms with Crippen molar-refractivity contribution >= 4 is 22.5 Å². The number of nitrogens with two attached hydrogens (primary N) is 1. The summed E-state index contributed by atoms with van der Waals surface area (Å²) in [5.74, 6) is -0.0256. The van der Waals surface area contributed by atoms with E-state index in [-0.39, 0.29) is 5.78 Å². The number of pyridine rings is 1. The summed E-state index contributed by atoms with van der Waals surface area (Å²) >= 11 is 0. The number of aromatic nitrogens is 2. The van der Waals surface area contributed by atoms with Gasteiger partial charge in [0, 0.05) is 34.6 Å².